The van der Waals surface area contributed by atoms with Crippen molar-refractivity contribution in [2.45, 2.75) is 38.5 Å². The molecule has 0 unspecified atom stereocenters. The molecule has 0 aliphatic carbocycles. The van der Waals surface area contributed by atoms with Crippen molar-refractivity contribution in [3.63, 3.8) is 0 Å². The van der Waals surface area contributed by atoms with E-state index in [0.29, 0.717) is 6.42 Å². The Morgan fingerprint density at radius 1 is 1.29 bits per heavy atom. The topological polar surface area (TPSA) is 72.7 Å². The Morgan fingerprint density at radius 2 is 2.08 bits per heavy atom. The molecule has 1 aliphatic rings. The first-order valence-corrected chi connectivity index (χ1v) is 8.67. The summed E-state index contributed by atoms with van der Waals surface area (Å²) in [6, 6.07) is 5.99. The van der Waals surface area contributed by atoms with Crippen molar-refractivity contribution in [2.75, 3.05) is 5.32 Å². The van der Waals surface area contributed by atoms with Crippen molar-refractivity contribution in [1.29, 1.82) is 0 Å². The van der Waals surface area contributed by atoms with Gasteiger partial charge in [-0.1, -0.05) is 32.9 Å². The lowest BCUT2D eigenvalue weighted by atomic mass is 9.79. The van der Waals surface area contributed by atoms with Crippen molar-refractivity contribution in [3.05, 3.63) is 35.0 Å². The largest absolute Gasteiger partial charge is 0.311 e. The number of carbonyl (C=O) groups excluding carboxylic acids is 1. The molecule has 1 amide bonds. The molecule has 0 saturated heterocycles. The molecule has 6 nitrogen and oxygen atoms in total. The highest BCUT2D eigenvalue weighted by Gasteiger charge is 2.37. The number of benzene rings is 1. The number of hydrogen-bond acceptors (Lipinski definition) is 5. The SMILES string of the molecule is Cn1nc(C(C)(C)C)c2c1NC(=O)C[C@@H]2c1cccc2nsnc12. The summed E-state index contributed by atoms with van der Waals surface area (Å²) in [7, 11) is 1.88. The number of rotatable bonds is 1. The van der Waals surface area contributed by atoms with Gasteiger partial charge in [0.05, 0.1) is 17.4 Å². The van der Waals surface area contributed by atoms with Crippen molar-refractivity contribution >= 4 is 34.5 Å². The molecule has 1 aliphatic heterocycles. The van der Waals surface area contributed by atoms with Crippen LogP contribution in [0.2, 0.25) is 0 Å². The molecule has 0 saturated carbocycles. The standard InChI is InChI=1S/C17H19N5OS/c1-17(2,3)15-13-10(8-12(23)18-16(13)22(4)19-15)9-6-5-7-11-14(9)21-24-20-11/h5-7,10H,8H2,1-4H3,(H,18,23)/t10-/m1/s1. The van der Waals surface area contributed by atoms with Gasteiger partial charge in [-0.15, -0.1) is 0 Å². The zero-order chi connectivity index (χ0) is 17.1. The average molecular weight is 341 g/mol. The highest BCUT2D eigenvalue weighted by Crippen LogP contribution is 2.44. The van der Waals surface area contributed by atoms with Crippen molar-refractivity contribution in [3.8, 4) is 0 Å². The van der Waals surface area contributed by atoms with Crippen LogP contribution in [-0.4, -0.2) is 24.4 Å². The summed E-state index contributed by atoms with van der Waals surface area (Å²) in [6.07, 6.45) is 0.401. The predicted molar refractivity (Wildman–Crippen MR) is 94.4 cm³/mol. The van der Waals surface area contributed by atoms with E-state index in [4.69, 9.17) is 5.10 Å². The molecule has 0 radical (unpaired) electrons. The number of nitrogens with one attached hydrogen (secondary N) is 1. The predicted octanol–water partition coefficient (Wildman–Crippen LogP) is 3.20. The lowest BCUT2D eigenvalue weighted by molar-refractivity contribution is -0.116. The van der Waals surface area contributed by atoms with Crippen LogP contribution in [-0.2, 0) is 17.3 Å². The molecule has 3 aromatic rings. The van der Waals surface area contributed by atoms with E-state index in [1.165, 1.54) is 11.7 Å². The van der Waals surface area contributed by atoms with Crippen LogP contribution >= 0.6 is 11.7 Å². The fourth-order valence-electron chi connectivity index (χ4n) is 3.42. The zero-order valence-electron chi connectivity index (χ0n) is 14.1. The molecule has 0 spiro atoms. The van der Waals surface area contributed by atoms with Gasteiger partial charge in [-0.2, -0.15) is 13.8 Å². The van der Waals surface area contributed by atoms with E-state index in [2.05, 4.69) is 40.9 Å². The molecule has 1 atom stereocenters. The van der Waals surface area contributed by atoms with Crippen LogP contribution in [0.15, 0.2) is 18.2 Å². The molecule has 124 valence electrons. The molecular weight excluding hydrogens is 322 g/mol. The Morgan fingerprint density at radius 3 is 2.83 bits per heavy atom. The maximum absolute atomic E-state index is 12.3. The summed E-state index contributed by atoms with van der Waals surface area (Å²) in [5, 5.41) is 7.70. The smallest absolute Gasteiger partial charge is 0.226 e. The third-order valence-corrected chi connectivity index (χ3v) is 5.03. The Kier molecular flexibility index (Phi) is 3.25. The summed E-state index contributed by atoms with van der Waals surface area (Å²) < 4.78 is 10.6. The van der Waals surface area contributed by atoms with Crippen LogP contribution < -0.4 is 5.32 Å². The monoisotopic (exact) mass is 341 g/mol. The Labute approximate surface area is 144 Å². The maximum atomic E-state index is 12.3. The second kappa shape index (κ2) is 5.11. The van der Waals surface area contributed by atoms with E-state index in [9.17, 15) is 4.79 Å². The minimum atomic E-state index is -0.111. The molecule has 2 aromatic heterocycles. The van der Waals surface area contributed by atoms with E-state index in [1.54, 1.807) is 4.68 Å². The second-order valence-electron chi connectivity index (χ2n) is 7.27. The molecule has 7 heteroatoms. The third-order valence-electron chi connectivity index (χ3n) is 4.48. The number of aromatic nitrogens is 4. The molecule has 1 N–H and O–H groups in total. The number of amides is 1. The number of nitrogens with zero attached hydrogens (tertiary/aromatic N) is 4. The van der Waals surface area contributed by atoms with Crippen LogP contribution in [0.3, 0.4) is 0 Å². The zero-order valence-corrected chi connectivity index (χ0v) is 14.9. The fourth-order valence-corrected chi connectivity index (χ4v) is 3.97. The first-order chi connectivity index (χ1) is 11.4. The molecule has 0 bridgehead atoms. The quantitative estimate of drug-likeness (QED) is 0.738. The number of anilines is 1. The van der Waals surface area contributed by atoms with E-state index in [0.717, 1.165) is 33.7 Å². The minimum Gasteiger partial charge on any atom is -0.311 e. The van der Waals surface area contributed by atoms with Gasteiger partial charge >= 0.3 is 0 Å². The Balaban J connectivity index is 1.99. The molecule has 0 fully saturated rings. The molecule has 1 aromatic carbocycles. The van der Waals surface area contributed by atoms with Crippen LogP contribution in [0.1, 0.15) is 49.9 Å². The van der Waals surface area contributed by atoms with Crippen LogP contribution in [0, 0.1) is 0 Å². The van der Waals surface area contributed by atoms with E-state index < -0.39 is 0 Å². The summed E-state index contributed by atoms with van der Waals surface area (Å²) in [5.41, 5.74) is 4.83. The average Bonchev–Trinajstić information content (AvgIpc) is 3.11. The van der Waals surface area contributed by atoms with Gasteiger partial charge in [0, 0.05) is 30.4 Å². The molecule has 3 heterocycles. The van der Waals surface area contributed by atoms with Crippen LogP contribution in [0.25, 0.3) is 11.0 Å². The molecular formula is C17H19N5OS. The third kappa shape index (κ3) is 2.23. The maximum Gasteiger partial charge on any atom is 0.226 e. The lowest BCUT2D eigenvalue weighted by Crippen LogP contribution is -2.26. The Hall–Kier alpha value is -2.28. The number of hydrogen-bond donors (Lipinski definition) is 1. The second-order valence-corrected chi connectivity index (χ2v) is 7.80. The molecule has 24 heavy (non-hydrogen) atoms. The van der Waals surface area contributed by atoms with Gasteiger partial charge in [0.25, 0.3) is 0 Å². The normalized spacial score (nSPS) is 17.8. The Bertz CT molecular complexity index is 950. The van der Waals surface area contributed by atoms with E-state index >= 15 is 0 Å². The number of fused-ring (bicyclic) bond motifs is 2. The van der Waals surface area contributed by atoms with Gasteiger partial charge in [-0.05, 0) is 11.6 Å². The first-order valence-electron chi connectivity index (χ1n) is 7.94. The molecule has 4 rings (SSSR count). The van der Waals surface area contributed by atoms with E-state index in [1.807, 2.05) is 19.2 Å². The fraction of sp³-hybridized carbons (Fsp3) is 0.412. The highest BCUT2D eigenvalue weighted by atomic mass is 32.1. The van der Waals surface area contributed by atoms with Crippen molar-refractivity contribution in [1.82, 2.24) is 18.5 Å². The van der Waals surface area contributed by atoms with Crippen molar-refractivity contribution < 1.29 is 4.79 Å². The van der Waals surface area contributed by atoms with Crippen LogP contribution in [0.4, 0.5) is 5.82 Å². The van der Waals surface area contributed by atoms with Gasteiger partial charge in [0.1, 0.15) is 16.9 Å². The van der Waals surface area contributed by atoms with Gasteiger partial charge in [0.2, 0.25) is 5.91 Å². The van der Waals surface area contributed by atoms with Gasteiger partial charge in [-0.3, -0.25) is 9.48 Å². The summed E-state index contributed by atoms with van der Waals surface area (Å²) in [5.74, 6) is 0.752. The van der Waals surface area contributed by atoms with Gasteiger partial charge in [0.15, 0.2) is 0 Å². The summed E-state index contributed by atoms with van der Waals surface area (Å²) in [6.45, 7) is 6.44. The van der Waals surface area contributed by atoms with Crippen molar-refractivity contribution in [2.24, 2.45) is 7.05 Å². The first kappa shape index (κ1) is 15.3. The summed E-state index contributed by atoms with van der Waals surface area (Å²) >= 11 is 1.21. The minimum absolute atomic E-state index is 0.0103. The van der Waals surface area contributed by atoms with E-state index in [-0.39, 0.29) is 17.2 Å². The van der Waals surface area contributed by atoms with Gasteiger partial charge in [-0.25, -0.2) is 0 Å². The number of carbonyl (C=O) groups is 1. The lowest BCUT2D eigenvalue weighted by Gasteiger charge is -2.27. The number of aryl methyl sites for hydroxylation is 1. The van der Waals surface area contributed by atoms with Gasteiger partial charge < -0.3 is 5.32 Å². The summed E-state index contributed by atoms with van der Waals surface area (Å²) in [4.78, 5) is 12.3. The highest BCUT2D eigenvalue weighted by molar-refractivity contribution is 7.00. The van der Waals surface area contributed by atoms with Crippen LogP contribution in [0.5, 0.6) is 0 Å².